The monoisotopic (exact) mass is 193 g/mol. The zero-order chi connectivity index (χ0) is 9.83. The van der Waals surface area contributed by atoms with Crippen LogP contribution in [0.3, 0.4) is 0 Å². The van der Waals surface area contributed by atoms with E-state index in [9.17, 15) is 8.42 Å². The summed E-state index contributed by atoms with van der Waals surface area (Å²) in [7, 11) is -3.05. The summed E-state index contributed by atoms with van der Waals surface area (Å²) in [4.78, 5) is 0. The summed E-state index contributed by atoms with van der Waals surface area (Å²) < 4.78 is 25.2. The van der Waals surface area contributed by atoms with Gasteiger partial charge in [0.15, 0.2) is 0 Å². The molecule has 0 aromatic carbocycles. The summed E-state index contributed by atoms with van der Waals surface area (Å²) >= 11 is 0. The molecular formula is C8H19NO2S. The maximum Gasteiger partial charge on any atom is 0.212 e. The van der Waals surface area contributed by atoms with Crippen LogP contribution < -0.4 is 4.72 Å². The Morgan fingerprint density at radius 1 is 1.25 bits per heavy atom. The van der Waals surface area contributed by atoms with Gasteiger partial charge in [0.25, 0.3) is 0 Å². The minimum Gasteiger partial charge on any atom is -0.212 e. The lowest BCUT2D eigenvalue weighted by atomic mass is 10.0. The number of hydrogen-bond donors (Lipinski definition) is 1. The van der Waals surface area contributed by atoms with Crippen LogP contribution in [0.4, 0.5) is 0 Å². The molecule has 0 saturated heterocycles. The summed E-state index contributed by atoms with van der Waals surface area (Å²) in [6, 6.07) is 0. The van der Waals surface area contributed by atoms with Gasteiger partial charge in [-0.1, -0.05) is 13.8 Å². The molecule has 4 heteroatoms. The van der Waals surface area contributed by atoms with Gasteiger partial charge in [-0.3, -0.25) is 0 Å². The number of sulfonamides is 1. The van der Waals surface area contributed by atoms with E-state index in [0.717, 1.165) is 6.42 Å². The molecule has 74 valence electrons. The Hall–Kier alpha value is -0.0900. The zero-order valence-electron chi connectivity index (χ0n) is 8.35. The Morgan fingerprint density at radius 3 is 2.08 bits per heavy atom. The van der Waals surface area contributed by atoms with Gasteiger partial charge < -0.3 is 0 Å². The van der Waals surface area contributed by atoms with Gasteiger partial charge in [-0.25, -0.2) is 13.1 Å². The maximum atomic E-state index is 11.3. The smallest absolute Gasteiger partial charge is 0.212 e. The van der Waals surface area contributed by atoms with E-state index in [1.165, 1.54) is 0 Å². The van der Waals surface area contributed by atoms with Crippen LogP contribution in [0.1, 0.15) is 40.5 Å². The van der Waals surface area contributed by atoms with Crippen molar-refractivity contribution in [3.8, 4) is 0 Å². The van der Waals surface area contributed by atoms with Crippen molar-refractivity contribution in [1.82, 2.24) is 4.72 Å². The first-order valence-electron chi connectivity index (χ1n) is 4.34. The first-order chi connectivity index (χ1) is 5.33. The third-order valence-corrected chi connectivity index (χ3v) is 3.60. The molecule has 0 spiro atoms. The zero-order valence-corrected chi connectivity index (χ0v) is 9.16. The molecule has 0 rings (SSSR count). The molecule has 0 aromatic rings. The molecule has 0 amide bonds. The van der Waals surface area contributed by atoms with Crippen LogP contribution in [0.2, 0.25) is 0 Å². The highest BCUT2D eigenvalue weighted by Gasteiger charge is 2.21. The second kappa shape index (κ2) is 4.23. The van der Waals surface area contributed by atoms with Crippen molar-refractivity contribution in [3.63, 3.8) is 0 Å². The Labute approximate surface area is 75.6 Å². The van der Waals surface area contributed by atoms with Crippen molar-refractivity contribution in [1.29, 1.82) is 0 Å². The van der Waals surface area contributed by atoms with Gasteiger partial charge in [-0.2, -0.15) is 0 Å². The molecule has 12 heavy (non-hydrogen) atoms. The minimum absolute atomic E-state index is 0.219. The summed E-state index contributed by atoms with van der Waals surface area (Å²) in [5.41, 5.74) is -0.312. The summed E-state index contributed by atoms with van der Waals surface area (Å²) in [5.74, 6) is 0.219. The normalized spacial score (nSPS) is 13.3. The van der Waals surface area contributed by atoms with Crippen molar-refractivity contribution in [2.45, 2.75) is 46.1 Å². The van der Waals surface area contributed by atoms with E-state index in [4.69, 9.17) is 0 Å². The highest BCUT2D eigenvalue weighted by atomic mass is 32.2. The summed E-state index contributed by atoms with van der Waals surface area (Å²) in [6.45, 7) is 7.60. The average Bonchev–Trinajstić information content (AvgIpc) is 1.85. The van der Waals surface area contributed by atoms with E-state index in [1.807, 2.05) is 27.7 Å². The Bertz CT molecular complexity index is 219. The molecular weight excluding hydrogens is 174 g/mol. The Morgan fingerprint density at radius 2 is 1.75 bits per heavy atom. The fraction of sp³-hybridized carbons (Fsp3) is 1.00. The predicted octanol–water partition coefficient (Wildman–Crippen LogP) is 1.50. The van der Waals surface area contributed by atoms with Crippen LogP contribution in [0, 0.1) is 0 Å². The summed E-state index contributed by atoms with van der Waals surface area (Å²) in [6.07, 6.45) is 1.46. The van der Waals surface area contributed by atoms with Gasteiger partial charge in [0.2, 0.25) is 10.0 Å². The molecule has 0 aliphatic carbocycles. The molecule has 0 radical (unpaired) electrons. The van der Waals surface area contributed by atoms with Gasteiger partial charge in [-0.15, -0.1) is 0 Å². The van der Waals surface area contributed by atoms with Crippen LogP contribution in [0.25, 0.3) is 0 Å². The molecule has 0 saturated carbocycles. The highest BCUT2D eigenvalue weighted by molar-refractivity contribution is 7.89. The van der Waals surface area contributed by atoms with Crippen molar-refractivity contribution < 1.29 is 8.42 Å². The predicted molar refractivity (Wildman–Crippen MR) is 51.6 cm³/mol. The second-order valence-corrected chi connectivity index (χ2v) is 5.50. The van der Waals surface area contributed by atoms with E-state index in [1.54, 1.807) is 0 Å². The van der Waals surface area contributed by atoms with Gasteiger partial charge in [-0.05, 0) is 26.7 Å². The first kappa shape index (κ1) is 11.9. The largest absolute Gasteiger partial charge is 0.212 e. The molecule has 0 heterocycles. The number of hydrogen-bond acceptors (Lipinski definition) is 2. The molecule has 0 fully saturated rings. The molecule has 0 unspecified atom stereocenters. The van der Waals surface area contributed by atoms with Crippen LogP contribution >= 0.6 is 0 Å². The number of nitrogens with one attached hydrogen (secondary N) is 1. The molecule has 0 bridgehead atoms. The average molecular weight is 193 g/mol. The molecule has 0 aliphatic rings. The van der Waals surface area contributed by atoms with Gasteiger partial charge in [0, 0.05) is 5.54 Å². The van der Waals surface area contributed by atoms with Gasteiger partial charge >= 0.3 is 0 Å². The van der Waals surface area contributed by atoms with Crippen molar-refractivity contribution in [2.24, 2.45) is 0 Å². The van der Waals surface area contributed by atoms with E-state index in [-0.39, 0.29) is 11.3 Å². The van der Waals surface area contributed by atoms with Crippen LogP contribution in [-0.4, -0.2) is 19.7 Å². The number of rotatable bonds is 5. The van der Waals surface area contributed by atoms with Crippen molar-refractivity contribution >= 4 is 10.0 Å². The van der Waals surface area contributed by atoms with Crippen LogP contribution in [0.5, 0.6) is 0 Å². The second-order valence-electron chi connectivity index (χ2n) is 3.66. The van der Waals surface area contributed by atoms with Crippen molar-refractivity contribution in [3.05, 3.63) is 0 Å². The SMILES string of the molecule is CCCS(=O)(=O)NC(C)(C)CC. The lowest BCUT2D eigenvalue weighted by Gasteiger charge is -2.23. The molecule has 1 N–H and O–H groups in total. The molecule has 0 aromatic heterocycles. The van der Waals surface area contributed by atoms with Gasteiger partial charge in [0.1, 0.15) is 0 Å². The van der Waals surface area contributed by atoms with Crippen LogP contribution in [0.15, 0.2) is 0 Å². The first-order valence-corrected chi connectivity index (χ1v) is 6.00. The Balaban J connectivity index is 4.25. The van der Waals surface area contributed by atoms with E-state index in [0.29, 0.717) is 6.42 Å². The molecule has 3 nitrogen and oxygen atoms in total. The molecule has 0 atom stereocenters. The lowest BCUT2D eigenvalue weighted by molar-refractivity contribution is 0.439. The Kier molecular flexibility index (Phi) is 4.20. The fourth-order valence-corrected chi connectivity index (χ4v) is 2.44. The standard InChI is InChI=1S/C8H19NO2S/c1-5-7-12(10,11)9-8(3,4)6-2/h9H,5-7H2,1-4H3. The maximum absolute atomic E-state index is 11.3. The third kappa shape index (κ3) is 4.72. The van der Waals surface area contributed by atoms with E-state index in [2.05, 4.69) is 4.72 Å². The lowest BCUT2D eigenvalue weighted by Crippen LogP contribution is -2.43. The summed E-state index contributed by atoms with van der Waals surface area (Å²) in [5, 5.41) is 0. The van der Waals surface area contributed by atoms with E-state index < -0.39 is 10.0 Å². The fourth-order valence-electron chi connectivity index (χ4n) is 0.813. The van der Waals surface area contributed by atoms with Crippen molar-refractivity contribution in [2.75, 3.05) is 5.75 Å². The topological polar surface area (TPSA) is 46.2 Å². The van der Waals surface area contributed by atoms with Gasteiger partial charge in [0.05, 0.1) is 5.75 Å². The van der Waals surface area contributed by atoms with Crippen LogP contribution in [-0.2, 0) is 10.0 Å². The third-order valence-electron chi connectivity index (χ3n) is 1.79. The highest BCUT2D eigenvalue weighted by Crippen LogP contribution is 2.09. The van der Waals surface area contributed by atoms with E-state index >= 15 is 0 Å². The molecule has 0 aliphatic heterocycles. The quantitative estimate of drug-likeness (QED) is 0.719. The minimum atomic E-state index is -3.05.